The molecule has 9 heteroatoms. The van der Waals surface area contributed by atoms with Gasteiger partial charge in [0.15, 0.2) is 0 Å². The normalized spacial score (nSPS) is 12.2. The Bertz CT molecular complexity index is 796. The van der Waals surface area contributed by atoms with Crippen LogP contribution in [0.3, 0.4) is 0 Å². The lowest BCUT2D eigenvalue weighted by Gasteiger charge is -2.13. The molecule has 0 aliphatic rings. The van der Waals surface area contributed by atoms with Crippen molar-refractivity contribution in [1.29, 1.82) is 0 Å². The van der Waals surface area contributed by atoms with Gasteiger partial charge < -0.3 is 10.5 Å². The van der Waals surface area contributed by atoms with Gasteiger partial charge in [-0.1, -0.05) is 11.6 Å². The Labute approximate surface area is 142 Å². The third-order valence-electron chi connectivity index (χ3n) is 3.17. The lowest BCUT2D eigenvalue weighted by atomic mass is 10.2. The molecular weight excluding hydrogens is 366 g/mol. The van der Waals surface area contributed by atoms with Crippen LogP contribution >= 0.6 is 19.6 Å². The smallest absolute Gasteiger partial charge is 0.455 e. The van der Waals surface area contributed by atoms with E-state index in [1.54, 1.807) is 6.92 Å². The van der Waals surface area contributed by atoms with Crippen LogP contribution in [0.25, 0.3) is 0 Å². The Hall–Kier alpha value is -1.82. The van der Waals surface area contributed by atoms with E-state index in [0.717, 1.165) is 18.2 Å². The Morgan fingerprint density at radius 3 is 2.38 bits per heavy atom. The number of hydrogen-bond donors (Lipinski definition) is 1. The Morgan fingerprint density at radius 1 is 1.17 bits per heavy atom. The topological polar surface area (TPSA) is 61.5 Å². The largest absolute Gasteiger partial charge is 0.550 e. The molecule has 0 aromatic heterocycles. The fraction of sp³-hybridized carbons (Fsp3) is 0.200. The van der Waals surface area contributed by atoms with E-state index in [2.05, 4.69) is 0 Å². The van der Waals surface area contributed by atoms with Crippen LogP contribution < -0.4 is 15.8 Å². The fourth-order valence-electron chi connectivity index (χ4n) is 1.94. The molecular formula is C15H13ClF3NO3P+. The van der Waals surface area contributed by atoms with Crippen LogP contribution in [0.5, 0.6) is 11.5 Å². The summed E-state index contributed by atoms with van der Waals surface area (Å²) in [4.78, 5) is 0. The third kappa shape index (κ3) is 3.98. The highest BCUT2D eigenvalue weighted by molar-refractivity contribution is 7.48. The molecule has 2 rings (SSSR count). The molecule has 0 saturated heterocycles. The molecule has 24 heavy (non-hydrogen) atoms. The van der Waals surface area contributed by atoms with E-state index in [0.29, 0.717) is 5.56 Å². The summed E-state index contributed by atoms with van der Waals surface area (Å²) in [6, 6.07) is 5.72. The zero-order valence-corrected chi connectivity index (χ0v) is 14.3. The number of aryl methyl sites for hydroxylation is 1. The van der Waals surface area contributed by atoms with Crippen molar-refractivity contribution in [2.45, 2.75) is 13.1 Å². The van der Waals surface area contributed by atoms with Crippen LogP contribution in [0, 0.1) is 6.92 Å². The average molecular weight is 379 g/mol. The second-order valence-electron chi connectivity index (χ2n) is 4.86. The minimum Gasteiger partial charge on any atom is -0.455 e. The summed E-state index contributed by atoms with van der Waals surface area (Å²) in [7, 11) is -0.893. The van der Waals surface area contributed by atoms with E-state index in [4.69, 9.17) is 26.6 Å². The number of benzene rings is 2. The first-order chi connectivity index (χ1) is 11.1. The molecule has 2 N–H and O–H groups in total. The van der Waals surface area contributed by atoms with Gasteiger partial charge in [-0.05, 0) is 41.3 Å². The number of rotatable bonds is 4. The first kappa shape index (κ1) is 18.5. The summed E-state index contributed by atoms with van der Waals surface area (Å²) in [5, 5.41) is 0.0369. The molecule has 0 aliphatic heterocycles. The minimum atomic E-state index is -4.50. The number of nitrogens with two attached hydrogens (primary N) is 1. The lowest BCUT2D eigenvalue weighted by molar-refractivity contribution is -0.137. The van der Waals surface area contributed by atoms with E-state index >= 15 is 0 Å². The Morgan fingerprint density at radius 2 is 1.83 bits per heavy atom. The van der Waals surface area contributed by atoms with Gasteiger partial charge in [-0.3, -0.25) is 0 Å². The minimum absolute atomic E-state index is 0.0381. The zero-order valence-electron chi connectivity index (χ0n) is 12.6. The highest BCUT2D eigenvalue weighted by Gasteiger charge is 2.31. The zero-order chi connectivity index (χ0) is 18.1. The number of halogens is 4. The Kier molecular flexibility index (Phi) is 5.38. The summed E-state index contributed by atoms with van der Waals surface area (Å²) in [6.07, 6.45) is -4.50. The van der Waals surface area contributed by atoms with Gasteiger partial charge in [0.2, 0.25) is 0 Å². The van der Waals surface area contributed by atoms with E-state index < -0.39 is 19.8 Å². The molecule has 0 spiro atoms. The summed E-state index contributed by atoms with van der Waals surface area (Å²) in [5.41, 5.74) is 5.78. The molecule has 1 unspecified atom stereocenters. The van der Waals surface area contributed by atoms with Gasteiger partial charge in [0.05, 0.1) is 23.4 Å². The van der Waals surface area contributed by atoms with E-state index in [-0.39, 0.29) is 27.5 Å². The predicted octanol–water partition coefficient (Wildman–Crippen LogP) is 5.06. The summed E-state index contributed by atoms with van der Waals surface area (Å²) >= 11 is 5.87. The second kappa shape index (κ2) is 6.97. The van der Waals surface area contributed by atoms with Crippen LogP contribution in [0.1, 0.15) is 11.1 Å². The lowest BCUT2D eigenvalue weighted by Crippen LogP contribution is -2.08. The second-order valence-corrected chi connectivity index (χ2v) is 6.63. The first-order valence-corrected chi connectivity index (χ1v) is 8.15. The van der Waals surface area contributed by atoms with Crippen molar-refractivity contribution in [2.75, 3.05) is 12.8 Å². The van der Waals surface area contributed by atoms with Gasteiger partial charge in [0, 0.05) is 6.07 Å². The van der Waals surface area contributed by atoms with Crippen molar-refractivity contribution < 1.29 is 27.0 Å². The maximum Gasteiger partial charge on any atom is 0.550 e. The van der Waals surface area contributed by atoms with Crippen molar-refractivity contribution in [3.63, 3.8) is 0 Å². The van der Waals surface area contributed by atoms with E-state index in [1.165, 1.54) is 19.2 Å². The maximum absolute atomic E-state index is 12.7. The third-order valence-corrected chi connectivity index (χ3v) is 4.57. The number of ether oxygens (including phenoxy) is 1. The molecule has 1 atom stereocenters. The molecule has 4 nitrogen and oxygen atoms in total. The van der Waals surface area contributed by atoms with Crippen LogP contribution in [-0.4, -0.2) is 7.11 Å². The molecule has 0 radical (unpaired) electrons. The number of anilines is 1. The summed E-state index contributed by atoms with van der Waals surface area (Å²) in [5.74, 6) is 0.303. The molecule has 0 fully saturated rings. The van der Waals surface area contributed by atoms with Gasteiger partial charge in [-0.15, -0.1) is 4.52 Å². The van der Waals surface area contributed by atoms with Crippen LogP contribution in [-0.2, 0) is 15.3 Å². The molecule has 2 aromatic rings. The summed E-state index contributed by atoms with van der Waals surface area (Å²) in [6.45, 7) is 1.69. The van der Waals surface area contributed by atoms with Crippen molar-refractivity contribution in [3.8, 4) is 11.5 Å². The molecule has 0 heterocycles. The summed E-state index contributed by atoms with van der Waals surface area (Å²) < 4.78 is 60.1. The molecule has 0 saturated carbocycles. The van der Waals surface area contributed by atoms with Gasteiger partial charge >= 0.3 is 14.2 Å². The van der Waals surface area contributed by atoms with Crippen LogP contribution in [0.2, 0.25) is 5.02 Å². The quantitative estimate of drug-likeness (QED) is 0.597. The predicted molar refractivity (Wildman–Crippen MR) is 86.4 cm³/mol. The van der Waals surface area contributed by atoms with Crippen molar-refractivity contribution >= 4 is 30.6 Å². The molecule has 2 aromatic carbocycles. The molecule has 0 amide bonds. The Balaban J connectivity index is 2.40. The van der Waals surface area contributed by atoms with Crippen LogP contribution in [0.15, 0.2) is 30.3 Å². The van der Waals surface area contributed by atoms with E-state index in [9.17, 15) is 17.7 Å². The number of nitrogen functional groups attached to an aromatic ring is 1. The van der Waals surface area contributed by atoms with Crippen molar-refractivity contribution in [2.24, 2.45) is 0 Å². The average Bonchev–Trinajstić information content (AvgIpc) is 2.49. The highest BCUT2D eigenvalue weighted by atomic mass is 35.5. The molecule has 0 aliphatic carbocycles. The highest BCUT2D eigenvalue weighted by Crippen LogP contribution is 2.38. The van der Waals surface area contributed by atoms with Gasteiger partial charge in [-0.2, -0.15) is 13.2 Å². The van der Waals surface area contributed by atoms with Crippen molar-refractivity contribution in [1.82, 2.24) is 0 Å². The first-order valence-electron chi connectivity index (χ1n) is 6.59. The van der Waals surface area contributed by atoms with Gasteiger partial charge in [0.1, 0.15) is 11.5 Å². The molecule has 0 bridgehead atoms. The number of alkyl halides is 3. The fourth-order valence-corrected chi connectivity index (χ4v) is 2.86. The number of hydrogen-bond acceptors (Lipinski definition) is 4. The van der Waals surface area contributed by atoms with Gasteiger partial charge in [0.25, 0.3) is 5.30 Å². The molecule has 128 valence electrons. The van der Waals surface area contributed by atoms with Crippen LogP contribution in [0.4, 0.5) is 18.9 Å². The SMILES string of the molecule is CO[P+](=O)c1cc(Oc2ccc(C(F)(F)F)cc2Cl)c(C)cc1N. The maximum atomic E-state index is 12.7. The monoisotopic (exact) mass is 378 g/mol. The van der Waals surface area contributed by atoms with E-state index in [1.807, 2.05) is 0 Å². The van der Waals surface area contributed by atoms with Crippen molar-refractivity contribution in [3.05, 3.63) is 46.5 Å². The van der Waals surface area contributed by atoms with Gasteiger partial charge in [-0.25, -0.2) is 0 Å². The standard InChI is InChI=1S/C15H13ClF3NO3P/c1-8-5-11(20)14(24(21)22-2)7-13(8)23-12-4-3-9(6-10(12)16)15(17,18)19/h3-7H,20H2,1-2H3/q+1.